The van der Waals surface area contributed by atoms with Crippen molar-refractivity contribution in [1.82, 2.24) is 10.3 Å². The highest BCUT2D eigenvalue weighted by Gasteiger charge is 2.50. The summed E-state index contributed by atoms with van der Waals surface area (Å²) in [6.45, 7) is 2.12. The molecule has 1 aromatic carbocycles. The van der Waals surface area contributed by atoms with E-state index < -0.39 is 42.4 Å². The topological polar surface area (TPSA) is 118 Å². The number of carbonyl (C=O) groups excluding carboxylic acids is 2. The largest absolute Gasteiger partial charge is 0.481 e. The van der Waals surface area contributed by atoms with Crippen molar-refractivity contribution in [1.29, 1.82) is 0 Å². The Hall–Kier alpha value is -3.36. The van der Waals surface area contributed by atoms with Gasteiger partial charge in [-0.05, 0) is 11.5 Å². The average molecular weight is 415 g/mol. The number of fused-ring (bicyclic) bond motifs is 1. The van der Waals surface area contributed by atoms with Crippen LogP contribution in [0, 0.1) is 5.92 Å². The summed E-state index contributed by atoms with van der Waals surface area (Å²) in [4.78, 5) is 45.8. The van der Waals surface area contributed by atoms with Crippen molar-refractivity contribution in [2.75, 3.05) is 6.67 Å². The van der Waals surface area contributed by atoms with Crippen LogP contribution in [0.25, 0.3) is 10.8 Å². The van der Waals surface area contributed by atoms with Crippen LogP contribution in [0.5, 0.6) is 0 Å². The van der Waals surface area contributed by atoms with E-state index in [9.17, 15) is 18.8 Å². The van der Waals surface area contributed by atoms with Crippen molar-refractivity contribution in [3.8, 4) is 0 Å². The molecule has 2 atom stereocenters. The third kappa shape index (κ3) is 4.00. The van der Waals surface area contributed by atoms with E-state index in [1.54, 1.807) is 20.0 Å². The second-order valence-electron chi connectivity index (χ2n) is 7.45. The van der Waals surface area contributed by atoms with Crippen LogP contribution in [0.4, 0.5) is 4.39 Å². The molecule has 1 amide bonds. The van der Waals surface area contributed by atoms with E-state index in [0.29, 0.717) is 11.4 Å². The van der Waals surface area contributed by atoms with E-state index in [4.69, 9.17) is 9.94 Å². The summed E-state index contributed by atoms with van der Waals surface area (Å²) >= 11 is 0. The Morgan fingerprint density at radius 3 is 2.67 bits per heavy atom. The van der Waals surface area contributed by atoms with E-state index in [2.05, 4.69) is 15.5 Å². The van der Waals surface area contributed by atoms with Crippen LogP contribution in [0.15, 0.2) is 41.7 Å². The van der Waals surface area contributed by atoms with Gasteiger partial charge in [0.1, 0.15) is 18.4 Å². The van der Waals surface area contributed by atoms with E-state index in [1.807, 2.05) is 30.3 Å². The lowest BCUT2D eigenvalue weighted by Crippen LogP contribution is -2.55. The summed E-state index contributed by atoms with van der Waals surface area (Å²) in [5, 5.41) is 17.2. The zero-order valence-corrected chi connectivity index (χ0v) is 16.6. The van der Waals surface area contributed by atoms with Crippen molar-refractivity contribution in [3.05, 3.63) is 42.2 Å². The van der Waals surface area contributed by atoms with Crippen molar-refractivity contribution >= 4 is 34.1 Å². The number of Topliss-reactive ketones (excluding diaryl/α,β-unsaturated/α-hetero) is 1. The van der Waals surface area contributed by atoms with E-state index in [0.717, 1.165) is 10.8 Å². The molecule has 2 N–H and O–H groups in total. The third-order valence-corrected chi connectivity index (χ3v) is 5.22. The third-order valence-electron chi connectivity index (χ3n) is 5.22. The second-order valence-corrected chi connectivity index (χ2v) is 7.45. The summed E-state index contributed by atoms with van der Waals surface area (Å²) < 4.78 is 12.8. The maximum Gasteiger partial charge on any atom is 0.305 e. The second kappa shape index (κ2) is 8.56. The molecule has 158 valence electrons. The summed E-state index contributed by atoms with van der Waals surface area (Å²) in [7, 11) is 0. The maximum absolute atomic E-state index is 13.1. The molecule has 0 aliphatic carbocycles. The number of carboxylic acid groups (broad SMARTS) is 1. The minimum Gasteiger partial charge on any atom is -0.481 e. The zero-order chi connectivity index (χ0) is 21.9. The van der Waals surface area contributed by atoms with Gasteiger partial charge in [-0.15, -0.1) is 0 Å². The van der Waals surface area contributed by atoms with Gasteiger partial charge in [-0.25, -0.2) is 4.39 Å². The first kappa shape index (κ1) is 21.4. The summed E-state index contributed by atoms with van der Waals surface area (Å²) in [6, 6.07) is 7.95. The summed E-state index contributed by atoms with van der Waals surface area (Å²) in [5.41, 5.74) is -0.436. The molecule has 30 heavy (non-hydrogen) atoms. The number of aliphatic carboxylic acids is 1. The molecule has 0 saturated heterocycles. The lowest BCUT2D eigenvalue weighted by molar-refractivity contribution is -0.152. The van der Waals surface area contributed by atoms with Gasteiger partial charge in [0.15, 0.2) is 5.78 Å². The number of alkyl halides is 1. The highest BCUT2D eigenvalue weighted by molar-refractivity contribution is 6.12. The van der Waals surface area contributed by atoms with Gasteiger partial charge in [0.05, 0.1) is 12.1 Å². The highest BCUT2D eigenvalue weighted by Crippen LogP contribution is 2.35. The molecule has 1 aliphatic heterocycles. The fourth-order valence-corrected chi connectivity index (χ4v) is 3.41. The molecule has 0 spiro atoms. The van der Waals surface area contributed by atoms with Crippen LogP contribution in [0.1, 0.15) is 32.4 Å². The normalized spacial score (nSPS) is 19.3. The van der Waals surface area contributed by atoms with Crippen LogP contribution in [-0.2, 0) is 19.2 Å². The molecule has 0 saturated carbocycles. The van der Waals surface area contributed by atoms with Crippen LogP contribution < -0.4 is 5.32 Å². The number of oxime groups is 1. The standard InChI is InChI=1S/C21H22FN3O5/c1-12(2)21(20(29)24-15(9-18(27)28)17(26)11-22)10-16(25-30-21)19-14-6-4-3-5-13(14)7-8-23-19/h3-8,12,15H,9-11H2,1-2H3,(H,24,29)(H,27,28)/t15?,21-/m1/s1. The minimum absolute atomic E-state index is 0.0706. The number of halogens is 1. The Morgan fingerprint density at radius 1 is 1.27 bits per heavy atom. The molecule has 1 aromatic heterocycles. The predicted octanol–water partition coefficient (Wildman–Crippen LogP) is 2.25. The molecule has 2 heterocycles. The number of benzene rings is 1. The Kier molecular flexibility index (Phi) is 6.09. The minimum atomic E-state index is -1.49. The first-order valence-corrected chi connectivity index (χ1v) is 9.49. The monoisotopic (exact) mass is 415 g/mol. The van der Waals surface area contributed by atoms with Crippen LogP contribution in [-0.4, -0.2) is 51.8 Å². The molecular formula is C21H22FN3O5. The quantitative estimate of drug-likeness (QED) is 0.683. The van der Waals surface area contributed by atoms with Gasteiger partial charge < -0.3 is 15.3 Å². The fourth-order valence-electron chi connectivity index (χ4n) is 3.41. The van der Waals surface area contributed by atoms with E-state index >= 15 is 0 Å². The van der Waals surface area contributed by atoms with Gasteiger partial charge in [0.25, 0.3) is 5.91 Å². The number of hydrogen-bond acceptors (Lipinski definition) is 6. The smallest absolute Gasteiger partial charge is 0.305 e. The Balaban J connectivity index is 1.88. The predicted molar refractivity (Wildman–Crippen MR) is 107 cm³/mol. The Morgan fingerprint density at radius 2 is 2.00 bits per heavy atom. The SMILES string of the molecule is CC(C)[C@@]1(C(=O)NC(CC(=O)O)C(=O)CF)CC(c2nccc3ccccc23)=NO1. The van der Waals surface area contributed by atoms with Gasteiger partial charge in [-0.3, -0.25) is 19.4 Å². The van der Waals surface area contributed by atoms with E-state index in [1.165, 1.54) is 0 Å². The Bertz CT molecular complexity index is 1020. The molecular weight excluding hydrogens is 393 g/mol. The number of aromatic nitrogens is 1. The lowest BCUT2D eigenvalue weighted by Gasteiger charge is -2.30. The number of nitrogens with one attached hydrogen (secondary N) is 1. The fraction of sp³-hybridized carbons (Fsp3) is 0.381. The molecule has 1 aliphatic rings. The molecule has 8 nitrogen and oxygen atoms in total. The number of rotatable bonds is 8. The van der Waals surface area contributed by atoms with Gasteiger partial charge in [-0.2, -0.15) is 0 Å². The molecule has 2 aromatic rings. The van der Waals surface area contributed by atoms with E-state index in [-0.39, 0.29) is 12.3 Å². The van der Waals surface area contributed by atoms with Crippen molar-refractivity contribution in [3.63, 3.8) is 0 Å². The van der Waals surface area contributed by atoms with Crippen molar-refractivity contribution in [2.45, 2.75) is 38.3 Å². The summed E-state index contributed by atoms with van der Waals surface area (Å²) in [5.74, 6) is -3.44. The van der Waals surface area contributed by atoms with Crippen molar-refractivity contribution in [2.24, 2.45) is 11.1 Å². The van der Waals surface area contributed by atoms with Crippen LogP contribution >= 0.6 is 0 Å². The number of carbonyl (C=O) groups is 3. The van der Waals surface area contributed by atoms with Crippen LogP contribution in [0.2, 0.25) is 0 Å². The van der Waals surface area contributed by atoms with Gasteiger partial charge in [0.2, 0.25) is 5.60 Å². The number of ketones is 1. The first-order chi connectivity index (χ1) is 14.3. The van der Waals surface area contributed by atoms with Gasteiger partial charge >= 0.3 is 5.97 Å². The van der Waals surface area contributed by atoms with Gasteiger partial charge in [0, 0.05) is 23.9 Å². The van der Waals surface area contributed by atoms with Crippen molar-refractivity contribution < 1.29 is 28.7 Å². The van der Waals surface area contributed by atoms with Crippen LogP contribution in [0.3, 0.4) is 0 Å². The highest BCUT2D eigenvalue weighted by atomic mass is 19.1. The molecule has 0 radical (unpaired) electrons. The molecule has 1 unspecified atom stereocenters. The molecule has 0 fully saturated rings. The lowest BCUT2D eigenvalue weighted by atomic mass is 9.83. The van der Waals surface area contributed by atoms with Gasteiger partial charge in [-0.1, -0.05) is 43.3 Å². The number of carboxylic acids is 1. The molecule has 3 rings (SSSR count). The molecule has 0 bridgehead atoms. The number of amides is 1. The summed E-state index contributed by atoms with van der Waals surface area (Å²) in [6.07, 6.45) is 0.987. The maximum atomic E-state index is 13.1. The zero-order valence-electron chi connectivity index (χ0n) is 16.6. The number of nitrogens with zero attached hydrogens (tertiary/aromatic N) is 2. The first-order valence-electron chi connectivity index (χ1n) is 9.49. The number of hydrogen-bond donors (Lipinski definition) is 2. The molecule has 9 heteroatoms. The number of pyridine rings is 1. The Labute approximate surface area is 172 Å². The average Bonchev–Trinajstić information content (AvgIpc) is 3.18.